The molecule has 3 aliphatic heterocycles. The first kappa shape index (κ1) is 50.2. The lowest BCUT2D eigenvalue weighted by molar-refractivity contribution is -0.189. The van der Waals surface area contributed by atoms with Gasteiger partial charge in [0, 0.05) is 99.2 Å². The summed E-state index contributed by atoms with van der Waals surface area (Å²) >= 11 is 1.35. The van der Waals surface area contributed by atoms with Gasteiger partial charge in [-0.2, -0.15) is 5.43 Å². The second kappa shape index (κ2) is 20.1. The molecule has 68 heavy (non-hydrogen) atoms. The number of pyridine rings is 1. The molecule has 17 nitrogen and oxygen atoms in total. The van der Waals surface area contributed by atoms with Gasteiger partial charge in [-0.15, -0.1) is 11.3 Å². The van der Waals surface area contributed by atoms with Crippen molar-refractivity contribution in [3.63, 3.8) is 0 Å². The van der Waals surface area contributed by atoms with Gasteiger partial charge < -0.3 is 39.2 Å². The number of methoxy groups -OCH3 is 1. The number of rotatable bonds is 10. The number of aromatic nitrogens is 3. The number of benzene rings is 1. The SMILES string of the molecule is C=CC(=O)N1C[C@@H](C)[C@H](N(C)C(=O)N(C)[C@H](C(=O)N[C@H]2Cc3nc(cs3)-c3ccc4c(c3)c(c(-c3cccnc3[C@H](C)OC)n4CC)CC(C)(C)COC(=O)[C@@]3(O)CCCN(N3)C2=O)C(C)C)C1. The molecule has 0 spiro atoms. The summed E-state index contributed by atoms with van der Waals surface area (Å²) in [6.07, 6.45) is 3.44. The van der Waals surface area contributed by atoms with Gasteiger partial charge in [-0.25, -0.2) is 14.6 Å². The average Bonchev–Trinajstić information content (AvgIpc) is 4.03. The zero-order valence-corrected chi connectivity index (χ0v) is 41.8. The van der Waals surface area contributed by atoms with Crippen molar-refractivity contribution in [2.45, 2.75) is 111 Å². The molecule has 2 fully saturated rings. The number of hydrogen-bond acceptors (Lipinski definition) is 12. The van der Waals surface area contributed by atoms with E-state index in [0.717, 1.165) is 39.0 Å². The van der Waals surface area contributed by atoms with Crippen LogP contribution in [0.4, 0.5) is 4.79 Å². The highest BCUT2D eigenvalue weighted by molar-refractivity contribution is 7.10. The number of esters is 1. The van der Waals surface area contributed by atoms with E-state index in [-0.39, 0.29) is 62.3 Å². The molecule has 6 atom stereocenters. The van der Waals surface area contributed by atoms with Crippen LogP contribution in [0.25, 0.3) is 33.4 Å². The number of carbonyl (C=O) groups is 5. The topological polar surface area (TPSA) is 192 Å². The lowest BCUT2D eigenvalue weighted by atomic mass is 9.84. The Hall–Kier alpha value is -5.69. The Kier molecular flexibility index (Phi) is 14.8. The van der Waals surface area contributed by atoms with Crippen molar-refractivity contribution in [3.8, 4) is 22.5 Å². The molecular weight excluding hydrogens is 887 g/mol. The Balaban J connectivity index is 1.27. The number of likely N-dealkylation sites (tertiary alicyclic amines) is 1. The van der Waals surface area contributed by atoms with Crippen molar-refractivity contribution in [1.82, 2.24) is 45.0 Å². The molecule has 2 saturated heterocycles. The fourth-order valence-corrected chi connectivity index (χ4v) is 10.9. The lowest BCUT2D eigenvalue weighted by Crippen LogP contribution is -2.67. The number of aliphatic hydroxyl groups is 1. The summed E-state index contributed by atoms with van der Waals surface area (Å²) in [5.74, 6) is -2.70. The molecule has 0 unspecified atom stereocenters. The van der Waals surface area contributed by atoms with Crippen LogP contribution in [0.15, 0.2) is 54.6 Å². The van der Waals surface area contributed by atoms with Crippen LogP contribution in [0.5, 0.6) is 0 Å². The van der Waals surface area contributed by atoms with E-state index < -0.39 is 47.0 Å². The molecule has 18 heteroatoms. The maximum Gasteiger partial charge on any atom is 0.355 e. The zero-order valence-electron chi connectivity index (χ0n) is 41.0. The first-order chi connectivity index (χ1) is 32.2. The predicted molar refractivity (Wildman–Crippen MR) is 260 cm³/mol. The molecule has 3 aromatic heterocycles. The Morgan fingerprint density at radius 1 is 1.16 bits per heavy atom. The van der Waals surface area contributed by atoms with Gasteiger partial charge in [0.15, 0.2) is 0 Å². The minimum atomic E-state index is -2.24. The van der Waals surface area contributed by atoms with Gasteiger partial charge in [-0.05, 0) is 74.4 Å². The third kappa shape index (κ3) is 9.91. The summed E-state index contributed by atoms with van der Waals surface area (Å²) in [6, 6.07) is 7.30. The number of carbonyl (C=O) groups excluding carboxylic acids is 5. The Morgan fingerprint density at radius 3 is 2.60 bits per heavy atom. The highest BCUT2D eigenvalue weighted by Gasteiger charge is 2.46. The molecule has 0 aliphatic carbocycles. The van der Waals surface area contributed by atoms with Crippen LogP contribution in [0.2, 0.25) is 0 Å². The third-order valence-electron chi connectivity index (χ3n) is 13.7. The van der Waals surface area contributed by atoms with Crippen molar-refractivity contribution < 1.29 is 38.6 Å². The summed E-state index contributed by atoms with van der Waals surface area (Å²) < 4.78 is 14.0. The van der Waals surface area contributed by atoms with Crippen molar-refractivity contribution in [1.29, 1.82) is 0 Å². The maximum atomic E-state index is 14.7. The van der Waals surface area contributed by atoms with E-state index in [2.05, 4.69) is 47.0 Å². The first-order valence-electron chi connectivity index (χ1n) is 23.5. The molecule has 1 aromatic carbocycles. The molecule has 0 radical (unpaired) electrons. The van der Waals surface area contributed by atoms with E-state index >= 15 is 0 Å². The molecule has 366 valence electrons. The molecule has 3 N–H and O–H groups in total. The van der Waals surface area contributed by atoms with E-state index in [1.54, 1.807) is 37.2 Å². The summed E-state index contributed by atoms with van der Waals surface area (Å²) in [6.45, 7) is 18.9. The minimum absolute atomic E-state index is 0.0176. The Bertz CT molecular complexity index is 2570. The summed E-state index contributed by atoms with van der Waals surface area (Å²) in [5.41, 5.74) is 6.19. The van der Waals surface area contributed by atoms with Gasteiger partial charge in [0.25, 0.3) is 5.91 Å². The molecule has 4 aromatic rings. The second-order valence-electron chi connectivity index (χ2n) is 19.7. The van der Waals surface area contributed by atoms with Gasteiger partial charge in [-0.1, -0.05) is 47.3 Å². The van der Waals surface area contributed by atoms with Gasteiger partial charge in [0.1, 0.15) is 12.1 Å². The maximum absolute atomic E-state index is 14.7. The molecule has 7 rings (SSSR count). The number of hydrazine groups is 1. The molecule has 3 aliphatic rings. The Morgan fingerprint density at radius 2 is 1.91 bits per heavy atom. The molecule has 0 saturated carbocycles. The van der Waals surface area contributed by atoms with E-state index in [1.807, 2.05) is 59.1 Å². The lowest BCUT2D eigenvalue weighted by Gasteiger charge is -2.40. The number of amides is 5. The van der Waals surface area contributed by atoms with E-state index in [1.165, 1.54) is 27.3 Å². The van der Waals surface area contributed by atoms with Gasteiger partial charge >= 0.3 is 12.0 Å². The van der Waals surface area contributed by atoms with Crippen LogP contribution in [0, 0.1) is 17.3 Å². The molecule has 6 bridgehead atoms. The number of hydrogen-bond donors (Lipinski definition) is 3. The van der Waals surface area contributed by atoms with E-state index in [4.69, 9.17) is 19.4 Å². The van der Waals surface area contributed by atoms with Gasteiger partial charge in [-0.3, -0.25) is 24.4 Å². The number of thiazole rings is 1. The number of nitrogens with zero attached hydrogens (tertiary/aromatic N) is 7. The summed E-state index contributed by atoms with van der Waals surface area (Å²) in [4.78, 5) is 84.3. The first-order valence-corrected chi connectivity index (χ1v) is 24.4. The largest absolute Gasteiger partial charge is 0.462 e. The fourth-order valence-electron chi connectivity index (χ4n) is 10.1. The van der Waals surface area contributed by atoms with Gasteiger partial charge in [0.2, 0.25) is 17.5 Å². The van der Waals surface area contributed by atoms with E-state index in [0.29, 0.717) is 36.8 Å². The van der Waals surface area contributed by atoms with Crippen LogP contribution >= 0.6 is 11.3 Å². The highest BCUT2D eigenvalue weighted by atomic mass is 32.1. The summed E-state index contributed by atoms with van der Waals surface area (Å²) in [7, 11) is 4.89. The number of likely N-dealkylation sites (N-methyl/N-ethyl adjacent to an activating group) is 2. The highest BCUT2D eigenvalue weighted by Crippen LogP contribution is 2.42. The van der Waals surface area contributed by atoms with Crippen LogP contribution in [0.3, 0.4) is 0 Å². The average molecular weight is 954 g/mol. The monoisotopic (exact) mass is 953 g/mol. The zero-order chi connectivity index (χ0) is 49.4. The van der Waals surface area contributed by atoms with Gasteiger partial charge in [0.05, 0.1) is 40.8 Å². The molecule has 5 amide bonds. The van der Waals surface area contributed by atoms with Crippen LogP contribution in [-0.4, -0.2) is 140 Å². The number of fused-ring (bicyclic) bond motifs is 6. The number of cyclic esters (lactones) is 1. The summed E-state index contributed by atoms with van der Waals surface area (Å²) in [5, 5.41) is 19.5. The van der Waals surface area contributed by atoms with Crippen molar-refractivity contribution in [2.24, 2.45) is 17.3 Å². The smallest absolute Gasteiger partial charge is 0.355 e. The standard InChI is InChI=1S/C50H67N9O8S/c1-12-41(60)57-25-30(5)39(26-57)55(9)48(64)56(10)43(29(3)4)45(61)53-36-23-40-52-37(27-68-40)32-17-18-38-34(22-32)35(44(58(38)13-2)33-16-14-20-51-42(33)31(6)66-11)24-49(7,8)28-67-47(63)50(65)19-15-21-59(54-50)46(36)62/h12,14,16-18,20,22,27,29-31,36,39,43,54,65H,1,13,15,19,21,23-26,28H2,2-11H3,(H,53,61)/t30-,31+,36+,39-,43+,50+/m1/s1. The fraction of sp³-hybridized carbons (Fsp3) is 0.540. The number of urea groups is 1. The van der Waals surface area contributed by atoms with Crippen LogP contribution in [-0.2, 0) is 48.0 Å². The van der Waals surface area contributed by atoms with Crippen molar-refractivity contribution in [3.05, 3.63) is 70.8 Å². The quantitative estimate of drug-likeness (QED) is 0.133. The molecular formula is C50H67N9O8S. The third-order valence-corrected chi connectivity index (χ3v) is 14.6. The number of nitrogens with one attached hydrogen (secondary N) is 2. The normalized spacial score (nSPS) is 22.9. The number of ether oxygens (including phenoxy) is 2. The van der Waals surface area contributed by atoms with Crippen molar-refractivity contribution >= 4 is 52.0 Å². The Labute approximate surface area is 402 Å². The van der Waals surface area contributed by atoms with E-state index in [9.17, 15) is 29.1 Å². The molecule has 6 heterocycles. The second-order valence-corrected chi connectivity index (χ2v) is 20.6. The van der Waals surface area contributed by atoms with Crippen LogP contribution < -0.4 is 10.7 Å². The predicted octanol–water partition coefficient (Wildman–Crippen LogP) is 5.56. The number of aryl methyl sites for hydroxylation is 1. The minimum Gasteiger partial charge on any atom is -0.462 e. The van der Waals surface area contributed by atoms with Crippen molar-refractivity contribution in [2.75, 3.05) is 47.4 Å². The van der Waals surface area contributed by atoms with Crippen LogP contribution in [0.1, 0.15) is 83.7 Å².